The third kappa shape index (κ3) is 19.3. The van der Waals surface area contributed by atoms with E-state index in [0.29, 0.717) is 30.4 Å². The van der Waals surface area contributed by atoms with Crippen molar-refractivity contribution in [1.82, 2.24) is 46.3 Å². The Morgan fingerprint density at radius 1 is 0.367 bits per heavy atom. The molecule has 1 aromatic carbocycles. The van der Waals surface area contributed by atoms with Crippen LogP contribution in [0.1, 0.15) is 108 Å². The number of rotatable bonds is 24. The highest BCUT2D eigenvalue weighted by Crippen LogP contribution is 2.17. The maximum atomic E-state index is 13.8. The summed E-state index contributed by atoms with van der Waals surface area (Å²) in [6, 6.07) is 0.540. The first kappa shape index (κ1) is 52.2. The highest BCUT2D eigenvalue weighted by Gasteiger charge is 2.25. The zero-order valence-corrected chi connectivity index (χ0v) is 34.5. The second kappa shape index (κ2) is 25.6. The molecule has 0 unspecified atom stereocenters. The Morgan fingerprint density at radius 3 is 0.650 bits per heavy atom. The van der Waals surface area contributed by atoms with E-state index in [1.54, 1.807) is 0 Å². The molecule has 24 nitrogen and oxygen atoms in total. The van der Waals surface area contributed by atoms with Gasteiger partial charge in [-0.3, -0.25) is 74.4 Å². The van der Waals surface area contributed by atoms with Gasteiger partial charge in [0.05, 0.1) is 0 Å². The maximum absolute atomic E-state index is 13.8. The van der Waals surface area contributed by atoms with Gasteiger partial charge in [-0.25, -0.2) is 30.4 Å². The highest BCUT2D eigenvalue weighted by atomic mass is 16.5. The number of carbonyl (C=O) groups is 9. The standard InChI is InChI=1S/C36H57N9O15/c1-40(55)28(46)13-7-25(8-14-29(47)41(2)56)37-34(52)22-19-23(35(53)38-26(9-15-30(48)42(3)57)10-16-31(49)43(4)58)21-24(20-22)36(54)39-27(11-17-32(50)44(5)59)12-18-33(51)45(6)60/h19-21,25-27,55-60H,7-18H2,1-6H3,(H,37,52)(H,38,53)(H,39,54). The van der Waals surface area contributed by atoms with Crippen LogP contribution in [0.2, 0.25) is 0 Å². The average Bonchev–Trinajstić information content (AvgIpc) is 3.18. The van der Waals surface area contributed by atoms with E-state index in [-0.39, 0.29) is 93.7 Å². The van der Waals surface area contributed by atoms with Gasteiger partial charge in [0.25, 0.3) is 17.7 Å². The number of hydroxylamine groups is 12. The molecule has 0 atom stereocenters. The number of nitrogens with zero attached hydrogens (tertiary/aromatic N) is 6. The van der Waals surface area contributed by atoms with Crippen LogP contribution < -0.4 is 16.0 Å². The van der Waals surface area contributed by atoms with Gasteiger partial charge in [-0.1, -0.05) is 0 Å². The van der Waals surface area contributed by atoms with Crippen molar-refractivity contribution in [2.75, 3.05) is 42.3 Å². The van der Waals surface area contributed by atoms with Crippen LogP contribution in [0.4, 0.5) is 0 Å². The average molecular weight is 856 g/mol. The smallest absolute Gasteiger partial charge is 0.251 e. The quantitative estimate of drug-likeness (QED) is 0.0478. The minimum absolute atomic E-state index is 0.0955. The molecule has 0 aliphatic rings. The molecule has 0 saturated carbocycles. The zero-order chi connectivity index (χ0) is 45.9. The lowest BCUT2D eigenvalue weighted by atomic mass is 9.99. The third-order valence-electron chi connectivity index (χ3n) is 9.13. The molecule has 336 valence electrons. The predicted molar refractivity (Wildman–Crippen MR) is 203 cm³/mol. The number of amides is 9. The summed E-state index contributed by atoms with van der Waals surface area (Å²) in [6.07, 6.45) is -2.29. The minimum Gasteiger partial charge on any atom is -0.349 e. The molecule has 0 aliphatic heterocycles. The van der Waals surface area contributed by atoms with Crippen LogP contribution in [0, 0.1) is 0 Å². The highest BCUT2D eigenvalue weighted by molar-refractivity contribution is 6.05. The topological polar surface area (TPSA) is 331 Å². The Hall–Kier alpha value is -5.79. The molecule has 0 radical (unpaired) electrons. The van der Waals surface area contributed by atoms with E-state index >= 15 is 0 Å². The lowest BCUT2D eigenvalue weighted by molar-refractivity contribution is -0.160. The van der Waals surface area contributed by atoms with Crippen LogP contribution in [0.5, 0.6) is 0 Å². The van der Waals surface area contributed by atoms with Crippen molar-refractivity contribution in [1.29, 1.82) is 0 Å². The van der Waals surface area contributed by atoms with Gasteiger partial charge in [-0.2, -0.15) is 0 Å². The molecule has 0 fully saturated rings. The molecule has 1 aromatic rings. The first-order valence-corrected chi connectivity index (χ1v) is 18.7. The Morgan fingerprint density at radius 2 is 0.517 bits per heavy atom. The van der Waals surface area contributed by atoms with Crippen LogP contribution in [0.15, 0.2) is 18.2 Å². The monoisotopic (exact) mass is 855 g/mol. The van der Waals surface area contributed by atoms with E-state index in [0.717, 1.165) is 60.5 Å². The summed E-state index contributed by atoms with van der Waals surface area (Å²) in [7, 11) is 6.56. The van der Waals surface area contributed by atoms with Crippen molar-refractivity contribution < 1.29 is 74.4 Å². The summed E-state index contributed by atoms with van der Waals surface area (Å²) < 4.78 is 0. The fourth-order valence-corrected chi connectivity index (χ4v) is 5.45. The Labute approximate surface area is 346 Å². The van der Waals surface area contributed by atoms with E-state index in [9.17, 15) is 74.4 Å². The summed E-state index contributed by atoms with van der Waals surface area (Å²) in [4.78, 5) is 114. The number of hydrogen-bond donors (Lipinski definition) is 9. The van der Waals surface area contributed by atoms with Crippen LogP contribution in [0.25, 0.3) is 0 Å². The molecule has 9 N–H and O–H groups in total. The summed E-state index contributed by atoms with van der Waals surface area (Å²) >= 11 is 0. The first-order chi connectivity index (χ1) is 27.9. The summed E-state index contributed by atoms with van der Waals surface area (Å²) in [5, 5.41) is 67.1. The van der Waals surface area contributed by atoms with Crippen molar-refractivity contribution in [3.05, 3.63) is 34.9 Å². The van der Waals surface area contributed by atoms with E-state index in [2.05, 4.69) is 16.0 Å². The van der Waals surface area contributed by atoms with Crippen LogP contribution in [-0.4, -0.2) is 175 Å². The second-order valence-corrected chi connectivity index (χ2v) is 14.0. The van der Waals surface area contributed by atoms with Crippen molar-refractivity contribution in [3.63, 3.8) is 0 Å². The maximum Gasteiger partial charge on any atom is 0.251 e. The Bertz CT molecular complexity index is 1410. The summed E-state index contributed by atoms with van der Waals surface area (Å²) in [5.74, 6) is -7.02. The number of hydrogen-bond acceptors (Lipinski definition) is 15. The van der Waals surface area contributed by atoms with Crippen molar-refractivity contribution >= 4 is 53.2 Å². The summed E-state index contributed by atoms with van der Waals surface area (Å²) in [5.41, 5.74) is -0.860. The molecule has 24 heteroatoms. The molecule has 0 aromatic heterocycles. The molecular weight excluding hydrogens is 798 g/mol. The van der Waals surface area contributed by atoms with Gasteiger partial charge < -0.3 is 16.0 Å². The molecule has 0 bridgehead atoms. The van der Waals surface area contributed by atoms with Gasteiger partial charge in [0.1, 0.15) is 0 Å². The normalized spacial score (nSPS) is 10.8. The van der Waals surface area contributed by atoms with Gasteiger partial charge in [-0.15, -0.1) is 0 Å². The zero-order valence-electron chi connectivity index (χ0n) is 34.5. The van der Waals surface area contributed by atoms with Crippen molar-refractivity contribution in [3.8, 4) is 0 Å². The Kier molecular flexibility index (Phi) is 22.3. The van der Waals surface area contributed by atoms with Gasteiger partial charge in [-0.05, 0) is 56.7 Å². The fraction of sp³-hybridized carbons (Fsp3) is 0.583. The molecule has 60 heavy (non-hydrogen) atoms. The minimum atomic E-state index is -0.928. The molecule has 9 amide bonds. The summed E-state index contributed by atoms with van der Waals surface area (Å²) in [6.45, 7) is 0. The largest absolute Gasteiger partial charge is 0.349 e. The van der Waals surface area contributed by atoms with Gasteiger partial charge in [0, 0.05) is 116 Å². The lowest BCUT2D eigenvalue weighted by Gasteiger charge is -2.22. The fourth-order valence-electron chi connectivity index (χ4n) is 5.45. The molecule has 0 spiro atoms. The molecular formula is C36H57N9O15. The Balaban J connectivity index is 3.72. The van der Waals surface area contributed by atoms with E-state index in [1.165, 1.54) is 0 Å². The molecule has 0 aliphatic carbocycles. The van der Waals surface area contributed by atoms with E-state index in [1.807, 2.05) is 0 Å². The number of nitrogens with one attached hydrogen (secondary N) is 3. The number of benzene rings is 1. The SMILES string of the molecule is CN(O)C(=O)CCC(CCC(=O)N(C)O)NC(=O)c1cc(C(=O)NC(CCC(=O)N(C)O)CCC(=O)N(C)O)cc(C(=O)NC(CCC(=O)N(C)O)CCC(=O)N(C)O)c1. The molecule has 1 rings (SSSR count). The van der Waals surface area contributed by atoms with Gasteiger partial charge in [0.2, 0.25) is 35.4 Å². The molecule has 0 heterocycles. The van der Waals surface area contributed by atoms with Crippen LogP contribution >= 0.6 is 0 Å². The van der Waals surface area contributed by atoms with Crippen LogP contribution in [-0.2, 0) is 28.8 Å². The van der Waals surface area contributed by atoms with E-state index in [4.69, 9.17) is 0 Å². The van der Waals surface area contributed by atoms with Gasteiger partial charge in [0.15, 0.2) is 0 Å². The first-order valence-electron chi connectivity index (χ1n) is 18.7. The lowest BCUT2D eigenvalue weighted by Crippen LogP contribution is -2.39. The molecule has 0 saturated heterocycles. The van der Waals surface area contributed by atoms with Crippen LogP contribution in [0.3, 0.4) is 0 Å². The second-order valence-electron chi connectivity index (χ2n) is 14.0. The predicted octanol–water partition coefficient (Wildman–Crippen LogP) is -0.251. The third-order valence-corrected chi connectivity index (χ3v) is 9.13. The van der Waals surface area contributed by atoms with Gasteiger partial charge >= 0.3 is 0 Å². The number of carbonyl (C=O) groups excluding carboxylic acids is 9. The van der Waals surface area contributed by atoms with E-state index < -0.39 is 71.3 Å². The van der Waals surface area contributed by atoms with Crippen molar-refractivity contribution in [2.24, 2.45) is 0 Å². The van der Waals surface area contributed by atoms with Crippen molar-refractivity contribution in [2.45, 2.75) is 95.2 Å².